The molecule has 5 N–H and O–H groups in total. The first-order chi connectivity index (χ1) is 18.1. The van der Waals surface area contributed by atoms with Gasteiger partial charge in [0.1, 0.15) is 30.1 Å². The molecule has 1 aromatic rings. The largest absolute Gasteiger partial charge is 0.543 e. The van der Waals surface area contributed by atoms with Crippen LogP contribution in [0.15, 0.2) is 28.6 Å². The summed E-state index contributed by atoms with van der Waals surface area (Å²) in [6, 6.07) is -1.24. The number of aliphatic hydroxyl groups excluding tert-OH is 2. The van der Waals surface area contributed by atoms with E-state index < -0.39 is 47.9 Å². The Bertz CT molecular complexity index is 1210. The molecule has 17 heteroatoms. The summed E-state index contributed by atoms with van der Waals surface area (Å²) in [5, 5.41) is 36.8. The maximum atomic E-state index is 12.9. The number of aliphatic carboxylic acids is 1. The van der Waals surface area contributed by atoms with Crippen molar-refractivity contribution in [2.45, 2.75) is 30.0 Å². The molecule has 0 aliphatic carbocycles. The average molecular weight is 572 g/mol. The lowest BCUT2D eigenvalue weighted by Crippen LogP contribution is -2.71. The first kappa shape index (κ1) is 27.9. The van der Waals surface area contributed by atoms with Gasteiger partial charge in [-0.25, -0.2) is 4.39 Å². The summed E-state index contributed by atoms with van der Waals surface area (Å²) in [5.41, 5.74) is 5.10. The van der Waals surface area contributed by atoms with Crippen molar-refractivity contribution in [3.8, 4) is 0 Å². The number of amides is 2. The summed E-state index contributed by atoms with van der Waals surface area (Å²) in [6.07, 6.45) is 3.30. The SMILES string of the molecule is C[N+]1(C/C=C/C2=C(C(=O)[O-])N3C(=O)[C@@H](NC(=O)/C(=N\OCF)c4nsc(N)n4)[C@@H]3SC2)C[C@H](O)C[C@@H]1CO. The molecule has 206 valence electrons. The Morgan fingerprint density at radius 1 is 1.47 bits per heavy atom. The van der Waals surface area contributed by atoms with Gasteiger partial charge in [-0.1, -0.05) is 11.2 Å². The fourth-order valence-corrected chi connectivity index (χ4v) is 6.53. The molecule has 2 amide bonds. The van der Waals surface area contributed by atoms with E-state index >= 15 is 0 Å². The van der Waals surface area contributed by atoms with Crippen molar-refractivity contribution in [2.75, 3.05) is 45.1 Å². The summed E-state index contributed by atoms with van der Waals surface area (Å²) in [7, 11) is 1.90. The van der Waals surface area contributed by atoms with E-state index in [4.69, 9.17) is 5.73 Å². The second-order valence-electron chi connectivity index (χ2n) is 9.13. The van der Waals surface area contributed by atoms with Gasteiger partial charge in [-0.05, 0) is 11.6 Å². The summed E-state index contributed by atoms with van der Waals surface area (Å²) in [6.45, 7) is -0.513. The van der Waals surface area contributed by atoms with Crippen LogP contribution < -0.4 is 16.2 Å². The zero-order valence-electron chi connectivity index (χ0n) is 20.2. The number of likely N-dealkylation sites (N-methyl/N-ethyl adjacent to an activating group) is 1. The van der Waals surface area contributed by atoms with Crippen molar-refractivity contribution in [1.82, 2.24) is 19.6 Å². The van der Waals surface area contributed by atoms with Gasteiger partial charge in [-0.15, -0.1) is 11.8 Å². The molecule has 5 atom stereocenters. The number of nitrogen functional groups attached to an aromatic ring is 1. The van der Waals surface area contributed by atoms with Gasteiger partial charge in [0, 0.05) is 23.7 Å². The zero-order valence-corrected chi connectivity index (χ0v) is 21.8. The molecule has 4 rings (SSSR count). The Balaban J connectivity index is 1.48. The number of nitrogens with zero attached hydrogens (tertiary/aromatic N) is 5. The maximum absolute atomic E-state index is 12.9. The molecule has 14 nitrogen and oxygen atoms in total. The van der Waals surface area contributed by atoms with E-state index in [0.29, 0.717) is 29.6 Å². The van der Waals surface area contributed by atoms with Crippen LogP contribution in [0, 0.1) is 0 Å². The van der Waals surface area contributed by atoms with Crippen molar-refractivity contribution < 1.29 is 43.4 Å². The monoisotopic (exact) mass is 571 g/mol. The number of carboxylic acid groups (broad SMARTS) is 1. The number of hydrogen-bond donors (Lipinski definition) is 4. The number of aromatic nitrogens is 2. The van der Waals surface area contributed by atoms with Crippen LogP contribution in [-0.4, -0.2) is 115 Å². The zero-order chi connectivity index (χ0) is 27.6. The van der Waals surface area contributed by atoms with Gasteiger partial charge in [0.05, 0.1) is 31.9 Å². The highest BCUT2D eigenvalue weighted by Gasteiger charge is 2.53. The third kappa shape index (κ3) is 5.37. The molecule has 3 aliphatic rings. The number of aliphatic hydroxyl groups is 2. The number of nitrogens with one attached hydrogen (secondary N) is 1. The number of quaternary nitrogens is 1. The van der Waals surface area contributed by atoms with Gasteiger partial charge in [-0.3, -0.25) is 14.5 Å². The summed E-state index contributed by atoms with van der Waals surface area (Å²) in [4.78, 5) is 46.9. The average Bonchev–Trinajstić information content (AvgIpc) is 3.43. The second kappa shape index (κ2) is 11.3. The number of alkyl halides is 1. The second-order valence-corrected chi connectivity index (χ2v) is 11.0. The van der Waals surface area contributed by atoms with Gasteiger partial charge in [0.25, 0.3) is 18.7 Å². The van der Waals surface area contributed by atoms with Gasteiger partial charge < -0.3 is 40.5 Å². The minimum Gasteiger partial charge on any atom is -0.543 e. The Morgan fingerprint density at radius 2 is 2.24 bits per heavy atom. The number of nitrogens with two attached hydrogens (primary N) is 1. The fraction of sp³-hybridized carbons (Fsp3) is 0.524. The first-order valence-electron chi connectivity index (χ1n) is 11.4. The van der Waals surface area contributed by atoms with Gasteiger partial charge in [-0.2, -0.15) is 9.36 Å². The Hall–Kier alpha value is -3.12. The Labute approximate surface area is 224 Å². The molecule has 1 aromatic heterocycles. The van der Waals surface area contributed by atoms with Crippen LogP contribution in [0.3, 0.4) is 0 Å². The quantitative estimate of drug-likeness (QED) is 0.0984. The third-order valence-corrected chi connectivity index (χ3v) is 8.50. The smallest absolute Gasteiger partial charge is 0.278 e. The van der Waals surface area contributed by atoms with E-state index in [0.717, 1.165) is 16.4 Å². The summed E-state index contributed by atoms with van der Waals surface area (Å²) in [5.74, 6) is -3.15. The highest BCUT2D eigenvalue weighted by atomic mass is 32.2. The van der Waals surface area contributed by atoms with Crippen LogP contribution in [0.4, 0.5) is 9.52 Å². The predicted molar refractivity (Wildman–Crippen MR) is 132 cm³/mol. The molecule has 38 heavy (non-hydrogen) atoms. The number of oxime groups is 1. The number of carbonyl (C=O) groups is 3. The van der Waals surface area contributed by atoms with Gasteiger partial charge in [0.2, 0.25) is 11.5 Å². The van der Waals surface area contributed by atoms with Crippen molar-refractivity contribution in [2.24, 2.45) is 5.16 Å². The van der Waals surface area contributed by atoms with Crippen LogP contribution in [0.2, 0.25) is 0 Å². The molecule has 4 heterocycles. The molecular formula is C21H26FN7O7S2. The summed E-state index contributed by atoms with van der Waals surface area (Å²) < 4.78 is 16.7. The lowest BCUT2D eigenvalue weighted by molar-refractivity contribution is -0.917. The lowest BCUT2D eigenvalue weighted by Gasteiger charge is -2.50. The number of allylic oxidation sites excluding steroid dienone is 1. The van der Waals surface area contributed by atoms with Gasteiger partial charge >= 0.3 is 0 Å². The maximum Gasteiger partial charge on any atom is 0.278 e. The topological polar surface area (TPSA) is 203 Å². The minimum atomic E-state index is -1.54. The first-order valence-corrected chi connectivity index (χ1v) is 13.3. The number of fused-ring (bicyclic) bond motifs is 1. The molecule has 0 aromatic carbocycles. The molecule has 1 unspecified atom stereocenters. The van der Waals surface area contributed by atoms with Crippen molar-refractivity contribution in [3.63, 3.8) is 0 Å². The number of carboxylic acids is 1. The number of carbonyl (C=O) groups excluding carboxylic acids is 3. The number of rotatable bonds is 10. The number of β-lactam (4-membered cyclic amide) rings is 1. The molecular weight excluding hydrogens is 545 g/mol. The van der Waals surface area contributed by atoms with E-state index in [2.05, 4.69) is 24.7 Å². The molecule has 2 fully saturated rings. The molecule has 0 bridgehead atoms. The molecule has 0 saturated carbocycles. The molecule has 3 aliphatic heterocycles. The fourth-order valence-electron chi connectivity index (χ4n) is 4.78. The Morgan fingerprint density at radius 3 is 2.87 bits per heavy atom. The minimum absolute atomic E-state index is 0.0302. The van der Waals surface area contributed by atoms with Crippen LogP contribution >= 0.6 is 23.3 Å². The molecule has 2 saturated heterocycles. The standard InChI is InChI=1S/C21H26FN7O7S2/c1-29(6-12(31)5-11(29)7-30)4-2-3-10-8-37-19-14(18(33)28(19)15(10)20(34)35)24-17(32)13(26-36-9-22)16-25-21(23)38-27-16/h2-3,11-12,14,19,30-31H,4-9H2,1H3,(H3-,23,24,25,27,32,34,35)/b3-2+,26-13-/t11-,12-,14-,19+,29?/m1/s1. The number of hydrogen-bond acceptors (Lipinski definition) is 13. The number of thioether (sulfide) groups is 1. The number of likely N-dealkylation sites (tertiary alicyclic amines) is 1. The number of anilines is 1. The van der Waals surface area contributed by atoms with E-state index in [1.807, 2.05) is 7.05 Å². The van der Waals surface area contributed by atoms with Crippen LogP contribution in [0.1, 0.15) is 12.2 Å². The van der Waals surface area contributed by atoms with Crippen LogP contribution in [-0.2, 0) is 19.2 Å². The van der Waals surface area contributed by atoms with Crippen LogP contribution in [0.25, 0.3) is 0 Å². The Kier molecular flexibility index (Phi) is 8.31. The molecule has 0 spiro atoms. The van der Waals surface area contributed by atoms with Crippen molar-refractivity contribution >= 4 is 51.9 Å². The lowest BCUT2D eigenvalue weighted by atomic mass is 10.0. The highest BCUT2D eigenvalue weighted by molar-refractivity contribution is 8.00. The van der Waals surface area contributed by atoms with Crippen LogP contribution in [0.5, 0.6) is 0 Å². The number of halogens is 1. The third-order valence-electron chi connectivity index (χ3n) is 6.66. The van der Waals surface area contributed by atoms with Crippen molar-refractivity contribution in [3.05, 3.63) is 29.2 Å². The summed E-state index contributed by atoms with van der Waals surface area (Å²) >= 11 is 2.01. The van der Waals surface area contributed by atoms with Crippen molar-refractivity contribution in [1.29, 1.82) is 0 Å². The highest BCUT2D eigenvalue weighted by Crippen LogP contribution is 2.40. The van der Waals surface area contributed by atoms with E-state index in [9.17, 15) is 34.1 Å². The van der Waals surface area contributed by atoms with Gasteiger partial charge in [0.15, 0.2) is 5.13 Å². The van der Waals surface area contributed by atoms with E-state index in [1.54, 1.807) is 12.2 Å². The predicted octanol–water partition coefficient (Wildman–Crippen LogP) is -2.70. The van der Waals surface area contributed by atoms with E-state index in [-0.39, 0.29) is 35.1 Å². The normalized spacial score (nSPS) is 29.4. The molecule has 0 radical (unpaired) electrons. The van der Waals surface area contributed by atoms with E-state index in [1.165, 1.54) is 11.8 Å².